The summed E-state index contributed by atoms with van der Waals surface area (Å²) in [6.07, 6.45) is 4.54. The third-order valence-corrected chi connectivity index (χ3v) is 3.42. The monoisotopic (exact) mass is 312 g/mol. The highest BCUT2D eigenvalue weighted by Crippen LogP contribution is 2.11. The third-order valence-electron chi connectivity index (χ3n) is 3.42. The molecule has 118 valence electrons. The van der Waals surface area contributed by atoms with Crippen LogP contribution in [-0.4, -0.2) is 39.6 Å². The number of carbonyl (C=O) groups excluding carboxylic acids is 1. The van der Waals surface area contributed by atoms with Crippen LogP contribution in [0.15, 0.2) is 41.6 Å². The molecular formula is C15H16N6O2. The molecule has 0 saturated heterocycles. The molecule has 0 atom stereocenters. The van der Waals surface area contributed by atoms with Gasteiger partial charge in [-0.15, -0.1) is 0 Å². The summed E-state index contributed by atoms with van der Waals surface area (Å²) in [4.78, 5) is 34.2. The van der Waals surface area contributed by atoms with E-state index >= 15 is 0 Å². The Morgan fingerprint density at radius 3 is 2.87 bits per heavy atom. The van der Waals surface area contributed by atoms with E-state index in [0.717, 1.165) is 11.4 Å². The average Bonchev–Trinajstić information content (AvgIpc) is 2.98. The molecule has 8 heteroatoms. The molecule has 0 fully saturated rings. The zero-order chi connectivity index (χ0) is 16.4. The Morgan fingerprint density at radius 1 is 1.30 bits per heavy atom. The van der Waals surface area contributed by atoms with Crippen molar-refractivity contribution < 1.29 is 4.79 Å². The largest absolute Gasteiger partial charge is 0.378 e. The minimum atomic E-state index is -0.320. The number of fused-ring (bicyclic) bond motifs is 1. The van der Waals surface area contributed by atoms with Crippen molar-refractivity contribution in [1.29, 1.82) is 0 Å². The van der Waals surface area contributed by atoms with Gasteiger partial charge in [-0.3, -0.25) is 19.7 Å². The Labute approximate surface area is 131 Å². The summed E-state index contributed by atoms with van der Waals surface area (Å²) in [5, 5.41) is 5.50. The van der Waals surface area contributed by atoms with Crippen LogP contribution in [0.3, 0.4) is 0 Å². The van der Waals surface area contributed by atoms with Crippen molar-refractivity contribution in [2.75, 3.05) is 19.0 Å². The summed E-state index contributed by atoms with van der Waals surface area (Å²) in [5.41, 5.74) is 2.09. The molecule has 0 aromatic carbocycles. The Kier molecular flexibility index (Phi) is 3.80. The van der Waals surface area contributed by atoms with Crippen molar-refractivity contribution in [2.45, 2.75) is 6.54 Å². The van der Waals surface area contributed by atoms with E-state index in [1.807, 2.05) is 31.1 Å². The highest BCUT2D eigenvalue weighted by atomic mass is 16.2. The lowest BCUT2D eigenvalue weighted by Crippen LogP contribution is -2.24. The van der Waals surface area contributed by atoms with E-state index in [1.165, 1.54) is 23.0 Å². The molecule has 0 unspecified atom stereocenters. The van der Waals surface area contributed by atoms with Crippen molar-refractivity contribution in [3.8, 4) is 0 Å². The van der Waals surface area contributed by atoms with Gasteiger partial charge in [0.05, 0.1) is 12.2 Å². The fourth-order valence-electron chi connectivity index (χ4n) is 2.19. The van der Waals surface area contributed by atoms with Crippen LogP contribution in [0.1, 0.15) is 16.1 Å². The van der Waals surface area contributed by atoms with E-state index in [0.29, 0.717) is 11.2 Å². The predicted molar refractivity (Wildman–Crippen MR) is 85.5 cm³/mol. The molecule has 0 aliphatic carbocycles. The fraction of sp³-hybridized carbons (Fsp3) is 0.200. The van der Waals surface area contributed by atoms with Gasteiger partial charge in [0, 0.05) is 44.4 Å². The molecule has 3 aromatic heterocycles. The predicted octanol–water partition coefficient (Wildman–Crippen LogP) is 0.414. The molecule has 0 aliphatic rings. The second-order valence-corrected chi connectivity index (χ2v) is 5.21. The van der Waals surface area contributed by atoms with Gasteiger partial charge in [0.2, 0.25) is 0 Å². The van der Waals surface area contributed by atoms with Crippen LogP contribution in [0.4, 0.5) is 5.69 Å². The van der Waals surface area contributed by atoms with E-state index in [-0.39, 0.29) is 18.0 Å². The van der Waals surface area contributed by atoms with Crippen LogP contribution in [0.5, 0.6) is 0 Å². The molecular weight excluding hydrogens is 296 g/mol. The maximum atomic E-state index is 12.3. The summed E-state index contributed by atoms with van der Waals surface area (Å²) in [5.74, 6) is -0.320. The van der Waals surface area contributed by atoms with Gasteiger partial charge < -0.3 is 10.2 Å². The summed E-state index contributed by atoms with van der Waals surface area (Å²) >= 11 is 0. The first-order chi connectivity index (χ1) is 11.1. The Balaban J connectivity index is 1.78. The topological polar surface area (TPSA) is 95.4 Å². The molecule has 0 saturated carbocycles. The van der Waals surface area contributed by atoms with Crippen LogP contribution >= 0.6 is 0 Å². The summed E-state index contributed by atoms with van der Waals surface area (Å²) in [7, 11) is 3.88. The molecule has 2 N–H and O–H groups in total. The van der Waals surface area contributed by atoms with Crippen LogP contribution in [0.25, 0.3) is 5.65 Å². The van der Waals surface area contributed by atoms with Gasteiger partial charge >= 0.3 is 0 Å². The highest BCUT2D eigenvalue weighted by molar-refractivity contribution is 5.99. The molecule has 0 radical (unpaired) electrons. The van der Waals surface area contributed by atoms with Crippen molar-refractivity contribution in [2.24, 2.45) is 0 Å². The number of nitrogens with one attached hydrogen (secondary N) is 2. The number of rotatable bonds is 4. The zero-order valence-corrected chi connectivity index (χ0v) is 12.8. The van der Waals surface area contributed by atoms with E-state index < -0.39 is 0 Å². The molecule has 8 nitrogen and oxygen atoms in total. The van der Waals surface area contributed by atoms with Crippen molar-refractivity contribution in [3.63, 3.8) is 0 Å². The van der Waals surface area contributed by atoms with Gasteiger partial charge in [0.15, 0.2) is 5.65 Å². The van der Waals surface area contributed by atoms with Gasteiger partial charge in [0.25, 0.3) is 11.5 Å². The second kappa shape index (κ2) is 5.91. The fourth-order valence-corrected chi connectivity index (χ4v) is 2.19. The van der Waals surface area contributed by atoms with Gasteiger partial charge in [-0.2, -0.15) is 0 Å². The summed E-state index contributed by atoms with van der Waals surface area (Å²) < 4.78 is 1.22. The van der Waals surface area contributed by atoms with Gasteiger partial charge in [-0.05, 0) is 12.1 Å². The third kappa shape index (κ3) is 2.91. The molecule has 3 rings (SSSR count). The Morgan fingerprint density at radius 2 is 2.09 bits per heavy atom. The number of anilines is 1. The first-order valence-corrected chi connectivity index (χ1v) is 7.02. The maximum absolute atomic E-state index is 12.3. The van der Waals surface area contributed by atoms with Gasteiger partial charge in [-0.1, -0.05) is 0 Å². The molecule has 1 amide bonds. The van der Waals surface area contributed by atoms with Crippen LogP contribution in [0.2, 0.25) is 0 Å². The SMILES string of the molecule is CN(C)c1ccnc(CNC(=O)c2c[nH]n3c(=O)ccnc23)c1. The number of hydrogen-bond donors (Lipinski definition) is 2. The van der Waals surface area contributed by atoms with Crippen LogP contribution in [-0.2, 0) is 6.54 Å². The minimum absolute atomic E-state index is 0.269. The number of pyridine rings is 1. The van der Waals surface area contributed by atoms with E-state index in [4.69, 9.17) is 0 Å². The molecule has 0 spiro atoms. The summed E-state index contributed by atoms with van der Waals surface area (Å²) in [6, 6.07) is 5.11. The number of aromatic nitrogens is 4. The lowest BCUT2D eigenvalue weighted by Gasteiger charge is -2.13. The standard InChI is InChI=1S/C15H16N6O2/c1-20(2)11-3-5-16-10(7-11)8-18-15(23)12-9-19-21-13(22)4-6-17-14(12)21/h3-7,9,19H,8H2,1-2H3,(H,18,23). The quantitative estimate of drug-likeness (QED) is 0.728. The minimum Gasteiger partial charge on any atom is -0.378 e. The molecule has 0 bridgehead atoms. The number of aromatic amines is 1. The first-order valence-electron chi connectivity index (χ1n) is 7.02. The Bertz CT molecular complexity index is 911. The number of H-pyrrole nitrogens is 1. The number of amides is 1. The van der Waals surface area contributed by atoms with E-state index in [2.05, 4.69) is 20.4 Å². The normalized spacial score (nSPS) is 10.7. The van der Waals surface area contributed by atoms with Gasteiger partial charge in [0.1, 0.15) is 5.56 Å². The number of carbonyl (C=O) groups is 1. The molecule has 3 aromatic rings. The maximum Gasteiger partial charge on any atom is 0.272 e. The summed E-state index contributed by atoms with van der Waals surface area (Å²) in [6.45, 7) is 0.287. The first kappa shape index (κ1) is 14.8. The number of hydrogen-bond acceptors (Lipinski definition) is 5. The molecule has 0 aliphatic heterocycles. The average molecular weight is 312 g/mol. The lowest BCUT2D eigenvalue weighted by atomic mass is 10.2. The van der Waals surface area contributed by atoms with Gasteiger partial charge in [-0.25, -0.2) is 9.50 Å². The Hall–Kier alpha value is -3.16. The molecule has 3 heterocycles. The number of nitrogens with zero attached hydrogens (tertiary/aromatic N) is 4. The second-order valence-electron chi connectivity index (χ2n) is 5.21. The van der Waals surface area contributed by atoms with Crippen molar-refractivity contribution >= 4 is 17.2 Å². The highest BCUT2D eigenvalue weighted by Gasteiger charge is 2.14. The lowest BCUT2D eigenvalue weighted by molar-refractivity contribution is 0.0952. The van der Waals surface area contributed by atoms with E-state index in [9.17, 15) is 9.59 Å². The van der Waals surface area contributed by atoms with Crippen LogP contribution < -0.4 is 15.8 Å². The smallest absolute Gasteiger partial charge is 0.272 e. The van der Waals surface area contributed by atoms with E-state index in [1.54, 1.807) is 6.20 Å². The van der Waals surface area contributed by atoms with Crippen LogP contribution in [0, 0.1) is 0 Å². The molecule has 23 heavy (non-hydrogen) atoms. The van der Waals surface area contributed by atoms with Crippen molar-refractivity contribution in [1.82, 2.24) is 24.9 Å². The zero-order valence-electron chi connectivity index (χ0n) is 12.8. The van der Waals surface area contributed by atoms with Crippen molar-refractivity contribution in [3.05, 3.63) is 58.4 Å².